The largest absolute Gasteiger partial charge is 0.347 e. The average Bonchev–Trinajstić information content (AvgIpc) is 2.85. The molecule has 1 atom stereocenters. The number of likely N-dealkylation sites (tertiary alicyclic amines) is 1. The van der Waals surface area contributed by atoms with Crippen molar-refractivity contribution in [3.05, 3.63) is 34.4 Å². The number of fused-ring (bicyclic) bond motifs is 1. The molecule has 4 heteroatoms. The number of nitrogens with zero attached hydrogens (tertiary/aromatic N) is 2. The van der Waals surface area contributed by atoms with Gasteiger partial charge >= 0.3 is 0 Å². The molecule has 1 unspecified atom stereocenters. The molecule has 1 aromatic carbocycles. The summed E-state index contributed by atoms with van der Waals surface area (Å²) in [6, 6.07) is 6.50. The van der Waals surface area contributed by atoms with E-state index in [1.54, 1.807) is 0 Å². The molecule has 3 rings (SSSR count). The summed E-state index contributed by atoms with van der Waals surface area (Å²) in [6.07, 6.45) is 5.48. The Bertz CT molecular complexity index is 677. The van der Waals surface area contributed by atoms with Gasteiger partial charge in [0.25, 0.3) is 5.91 Å². The summed E-state index contributed by atoms with van der Waals surface area (Å²) in [5.74, 6) is 0.182. The number of carbonyl (C=O) groups excluding carboxylic acids is 1. The topological polar surface area (TPSA) is 25.2 Å². The van der Waals surface area contributed by atoms with Crippen LogP contribution in [0.1, 0.15) is 43.5 Å². The van der Waals surface area contributed by atoms with Crippen LogP contribution in [0.15, 0.2) is 28.9 Å². The molecule has 0 bridgehead atoms. The lowest BCUT2D eigenvalue weighted by Gasteiger charge is -2.33. The molecule has 0 radical (unpaired) electrons. The van der Waals surface area contributed by atoms with Crippen molar-refractivity contribution in [1.29, 1.82) is 0 Å². The predicted molar refractivity (Wildman–Crippen MR) is 89.7 cm³/mol. The highest BCUT2D eigenvalue weighted by atomic mass is 79.9. The summed E-state index contributed by atoms with van der Waals surface area (Å²) in [6.45, 7) is 6.02. The number of aromatic nitrogens is 1. The van der Waals surface area contributed by atoms with Crippen molar-refractivity contribution in [3.63, 3.8) is 0 Å². The highest BCUT2D eigenvalue weighted by Gasteiger charge is 2.26. The highest BCUT2D eigenvalue weighted by molar-refractivity contribution is 9.10. The number of amides is 1. The Balaban J connectivity index is 2.05. The maximum Gasteiger partial charge on any atom is 0.256 e. The Hall–Kier alpha value is -1.29. The molecule has 1 aliphatic rings. The van der Waals surface area contributed by atoms with Gasteiger partial charge in [0.15, 0.2) is 0 Å². The van der Waals surface area contributed by atoms with Crippen LogP contribution in [0, 0.1) is 0 Å². The third-order valence-corrected chi connectivity index (χ3v) is 4.97. The lowest BCUT2D eigenvalue weighted by Crippen LogP contribution is -2.41. The van der Waals surface area contributed by atoms with Crippen LogP contribution in [-0.2, 0) is 6.54 Å². The van der Waals surface area contributed by atoms with Gasteiger partial charge in [-0.05, 0) is 45.2 Å². The van der Waals surface area contributed by atoms with E-state index in [-0.39, 0.29) is 5.91 Å². The van der Waals surface area contributed by atoms with Crippen molar-refractivity contribution < 1.29 is 4.79 Å². The fourth-order valence-corrected chi connectivity index (χ4v) is 3.60. The molecule has 21 heavy (non-hydrogen) atoms. The first-order chi connectivity index (χ1) is 10.1. The van der Waals surface area contributed by atoms with Crippen molar-refractivity contribution in [2.24, 2.45) is 0 Å². The first-order valence-corrected chi connectivity index (χ1v) is 8.50. The SMILES string of the molecule is CCn1cc(C(=O)N2CCCCC2C)c2ccc(Br)cc21. The van der Waals surface area contributed by atoms with Gasteiger partial charge < -0.3 is 9.47 Å². The molecule has 1 aliphatic heterocycles. The second kappa shape index (κ2) is 5.84. The average molecular weight is 349 g/mol. The van der Waals surface area contributed by atoms with Gasteiger partial charge in [0.2, 0.25) is 0 Å². The highest BCUT2D eigenvalue weighted by Crippen LogP contribution is 2.28. The third-order valence-electron chi connectivity index (χ3n) is 4.48. The van der Waals surface area contributed by atoms with E-state index in [0.29, 0.717) is 6.04 Å². The van der Waals surface area contributed by atoms with Crippen LogP contribution < -0.4 is 0 Å². The second-order valence-corrected chi connectivity index (χ2v) is 6.75. The summed E-state index contributed by atoms with van der Waals surface area (Å²) in [7, 11) is 0. The minimum atomic E-state index is 0.182. The number of rotatable bonds is 2. The van der Waals surface area contributed by atoms with Gasteiger partial charge in [-0.1, -0.05) is 22.0 Å². The van der Waals surface area contributed by atoms with Crippen LogP contribution in [-0.4, -0.2) is 28.0 Å². The van der Waals surface area contributed by atoms with Gasteiger partial charge in [-0.3, -0.25) is 4.79 Å². The maximum absolute atomic E-state index is 12.9. The molecule has 1 fully saturated rings. The Labute approximate surface area is 134 Å². The molecule has 3 nitrogen and oxygen atoms in total. The van der Waals surface area contributed by atoms with Gasteiger partial charge in [0.05, 0.1) is 5.56 Å². The zero-order chi connectivity index (χ0) is 15.0. The van der Waals surface area contributed by atoms with E-state index in [0.717, 1.165) is 46.9 Å². The number of carbonyl (C=O) groups is 1. The van der Waals surface area contributed by atoms with E-state index >= 15 is 0 Å². The summed E-state index contributed by atoms with van der Waals surface area (Å²) >= 11 is 3.52. The fraction of sp³-hybridized carbons (Fsp3) is 0.471. The molecule has 1 aromatic heterocycles. The van der Waals surface area contributed by atoms with Crippen LogP contribution in [0.25, 0.3) is 10.9 Å². The van der Waals surface area contributed by atoms with Crippen LogP contribution in [0.2, 0.25) is 0 Å². The molecule has 2 aromatic rings. The number of benzene rings is 1. The zero-order valence-corrected chi connectivity index (χ0v) is 14.2. The summed E-state index contributed by atoms with van der Waals surface area (Å²) in [4.78, 5) is 15.0. The summed E-state index contributed by atoms with van der Waals surface area (Å²) in [5, 5.41) is 1.06. The molecule has 2 heterocycles. The molecule has 112 valence electrons. The first-order valence-electron chi connectivity index (χ1n) is 7.71. The van der Waals surface area contributed by atoms with Gasteiger partial charge in [-0.25, -0.2) is 0 Å². The monoisotopic (exact) mass is 348 g/mol. The Morgan fingerprint density at radius 1 is 1.38 bits per heavy atom. The molecule has 0 N–H and O–H groups in total. The van der Waals surface area contributed by atoms with Crippen LogP contribution in [0.3, 0.4) is 0 Å². The number of piperidine rings is 1. The summed E-state index contributed by atoms with van der Waals surface area (Å²) < 4.78 is 3.20. The Morgan fingerprint density at radius 2 is 2.19 bits per heavy atom. The van der Waals surface area contributed by atoms with E-state index in [9.17, 15) is 4.79 Å². The molecule has 0 aliphatic carbocycles. The zero-order valence-electron chi connectivity index (χ0n) is 12.6. The van der Waals surface area contributed by atoms with Gasteiger partial charge in [0.1, 0.15) is 0 Å². The Kier molecular flexibility index (Phi) is 4.07. The van der Waals surface area contributed by atoms with Crippen molar-refractivity contribution in [1.82, 2.24) is 9.47 Å². The summed E-state index contributed by atoms with van der Waals surface area (Å²) in [5.41, 5.74) is 1.97. The maximum atomic E-state index is 12.9. The molecule has 1 amide bonds. The van der Waals surface area contributed by atoms with Crippen LogP contribution in [0.5, 0.6) is 0 Å². The minimum absolute atomic E-state index is 0.182. The van der Waals surface area contributed by atoms with Crippen molar-refractivity contribution >= 4 is 32.7 Å². The quantitative estimate of drug-likeness (QED) is 0.787. The lowest BCUT2D eigenvalue weighted by molar-refractivity contribution is 0.0637. The first kappa shape index (κ1) is 14.6. The van der Waals surface area contributed by atoms with Gasteiger partial charge in [-0.2, -0.15) is 0 Å². The van der Waals surface area contributed by atoms with E-state index in [4.69, 9.17) is 0 Å². The number of hydrogen-bond donors (Lipinski definition) is 0. The standard InChI is InChI=1S/C17H21BrN2O/c1-3-19-11-15(14-8-7-13(18)10-16(14)19)17(21)20-9-5-4-6-12(20)2/h7-8,10-12H,3-6,9H2,1-2H3. The fourth-order valence-electron chi connectivity index (χ4n) is 3.25. The van der Waals surface area contributed by atoms with E-state index in [2.05, 4.69) is 40.4 Å². The van der Waals surface area contributed by atoms with Gasteiger partial charge in [-0.15, -0.1) is 0 Å². The minimum Gasteiger partial charge on any atom is -0.347 e. The Morgan fingerprint density at radius 3 is 2.90 bits per heavy atom. The van der Waals surface area contributed by atoms with Crippen molar-refractivity contribution in [3.8, 4) is 0 Å². The number of halogens is 1. The van der Waals surface area contributed by atoms with E-state index < -0.39 is 0 Å². The van der Waals surface area contributed by atoms with Crippen LogP contribution in [0.4, 0.5) is 0 Å². The lowest BCUT2D eigenvalue weighted by atomic mass is 10.0. The number of hydrogen-bond acceptors (Lipinski definition) is 1. The van der Waals surface area contributed by atoms with Crippen molar-refractivity contribution in [2.75, 3.05) is 6.54 Å². The normalized spacial score (nSPS) is 19.2. The van der Waals surface area contributed by atoms with Crippen LogP contribution >= 0.6 is 15.9 Å². The third kappa shape index (κ3) is 2.61. The molecular formula is C17H21BrN2O. The smallest absolute Gasteiger partial charge is 0.256 e. The van der Waals surface area contributed by atoms with E-state index in [1.165, 1.54) is 6.42 Å². The van der Waals surface area contributed by atoms with Gasteiger partial charge in [0, 0.05) is 40.7 Å². The molecule has 1 saturated heterocycles. The predicted octanol–water partition coefficient (Wildman–Crippen LogP) is 4.44. The molecule has 0 spiro atoms. The van der Waals surface area contributed by atoms with E-state index in [1.807, 2.05) is 23.2 Å². The number of aryl methyl sites for hydroxylation is 1. The molecular weight excluding hydrogens is 328 g/mol. The second-order valence-electron chi connectivity index (χ2n) is 5.83. The van der Waals surface area contributed by atoms with Crippen molar-refractivity contribution in [2.45, 2.75) is 45.7 Å². The molecule has 0 saturated carbocycles.